The molecule has 0 aliphatic heterocycles. The predicted molar refractivity (Wildman–Crippen MR) is 38.7 cm³/mol. The molecule has 11 heavy (non-hydrogen) atoms. The zero-order chi connectivity index (χ0) is 8.48. The fraction of sp³-hybridized carbons (Fsp3) is 0.833. The summed E-state index contributed by atoms with van der Waals surface area (Å²) in [6.07, 6.45) is 1.62. The second-order valence-electron chi connectivity index (χ2n) is 2.92. The van der Waals surface area contributed by atoms with Crippen molar-refractivity contribution in [3.05, 3.63) is 0 Å². The maximum Gasteiger partial charge on any atom is 0.326 e. The van der Waals surface area contributed by atoms with Crippen LogP contribution in [0.2, 0.25) is 0 Å². The number of nitriles is 1. The summed E-state index contributed by atoms with van der Waals surface area (Å²) in [5.41, 5.74) is 0. The molecule has 1 saturated carbocycles. The molecule has 1 unspecified atom stereocenters. The molecule has 0 radical (unpaired) electrons. The SMILES string of the molecule is N#CC(CP(=O)(O)O)C1CC1. The third-order valence-corrected chi connectivity index (χ3v) is 2.66. The maximum absolute atomic E-state index is 10.5. The highest BCUT2D eigenvalue weighted by Crippen LogP contribution is 2.45. The Morgan fingerprint density at radius 2 is 2.18 bits per heavy atom. The lowest BCUT2D eigenvalue weighted by Crippen LogP contribution is -2.06. The second kappa shape index (κ2) is 2.94. The first-order valence-electron chi connectivity index (χ1n) is 3.47. The standard InChI is InChI=1S/C6H10NO3P/c7-3-6(5-1-2-5)4-11(8,9)10/h5-6H,1-2,4H2,(H2,8,9,10). The minimum absolute atomic E-state index is 0.243. The second-order valence-corrected chi connectivity index (χ2v) is 4.61. The monoisotopic (exact) mass is 175 g/mol. The molecule has 1 atom stereocenters. The van der Waals surface area contributed by atoms with Crippen LogP contribution in [-0.4, -0.2) is 15.9 Å². The van der Waals surface area contributed by atoms with Gasteiger partial charge in [0.2, 0.25) is 0 Å². The van der Waals surface area contributed by atoms with Gasteiger partial charge in [-0.3, -0.25) is 4.57 Å². The van der Waals surface area contributed by atoms with Gasteiger partial charge in [-0.25, -0.2) is 0 Å². The molecule has 0 aromatic carbocycles. The lowest BCUT2D eigenvalue weighted by molar-refractivity contribution is 0.364. The van der Waals surface area contributed by atoms with Crippen LogP contribution in [0, 0.1) is 23.2 Å². The Hall–Kier alpha value is -0.360. The zero-order valence-corrected chi connectivity index (χ0v) is 6.87. The van der Waals surface area contributed by atoms with E-state index in [4.69, 9.17) is 15.0 Å². The van der Waals surface area contributed by atoms with E-state index in [1.165, 1.54) is 0 Å². The normalized spacial score (nSPS) is 20.8. The minimum Gasteiger partial charge on any atom is -0.324 e. The van der Waals surface area contributed by atoms with E-state index in [9.17, 15) is 4.57 Å². The van der Waals surface area contributed by atoms with Crippen LogP contribution in [0.3, 0.4) is 0 Å². The summed E-state index contributed by atoms with van der Waals surface area (Å²) >= 11 is 0. The van der Waals surface area contributed by atoms with Gasteiger partial charge in [-0.2, -0.15) is 5.26 Å². The fourth-order valence-corrected chi connectivity index (χ4v) is 1.94. The summed E-state index contributed by atoms with van der Waals surface area (Å²) in [4.78, 5) is 17.1. The molecule has 0 saturated heterocycles. The van der Waals surface area contributed by atoms with Crippen molar-refractivity contribution in [1.82, 2.24) is 0 Å². The summed E-state index contributed by atoms with van der Waals surface area (Å²) < 4.78 is 10.5. The quantitative estimate of drug-likeness (QED) is 0.619. The van der Waals surface area contributed by atoms with Crippen molar-refractivity contribution in [3.8, 4) is 6.07 Å². The van der Waals surface area contributed by atoms with Gasteiger partial charge in [0, 0.05) is 0 Å². The smallest absolute Gasteiger partial charge is 0.324 e. The van der Waals surface area contributed by atoms with Crippen LogP contribution in [-0.2, 0) is 4.57 Å². The van der Waals surface area contributed by atoms with E-state index in [-0.39, 0.29) is 12.1 Å². The van der Waals surface area contributed by atoms with Crippen molar-refractivity contribution >= 4 is 7.60 Å². The van der Waals surface area contributed by atoms with Gasteiger partial charge in [-0.1, -0.05) is 0 Å². The zero-order valence-electron chi connectivity index (χ0n) is 5.97. The first-order chi connectivity index (χ1) is 5.03. The molecule has 0 bridgehead atoms. The highest BCUT2D eigenvalue weighted by Gasteiger charge is 2.35. The summed E-state index contributed by atoms with van der Waals surface area (Å²) in [6, 6.07) is 1.93. The van der Waals surface area contributed by atoms with Gasteiger partial charge >= 0.3 is 7.60 Å². The molecule has 0 heterocycles. The average molecular weight is 175 g/mol. The number of hydrogen-bond acceptors (Lipinski definition) is 2. The van der Waals surface area contributed by atoms with Crippen molar-refractivity contribution in [2.75, 3.05) is 6.16 Å². The van der Waals surface area contributed by atoms with Crippen molar-refractivity contribution < 1.29 is 14.4 Å². The van der Waals surface area contributed by atoms with E-state index in [0.717, 1.165) is 12.8 Å². The van der Waals surface area contributed by atoms with Crippen molar-refractivity contribution in [1.29, 1.82) is 5.26 Å². The first-order valence-corrected chi connectivity index (χ1v) is 5.27. The van der Waals surface area contributed by atoms with Gasteiger partial charge in [-0.05, 0) is 18.8 Å². The van der Waals surface area contributed by atoms with Gasteiger partial charge in [-0.15, -0.1) is 0 Å². The van der Waals surface area contributed by atoms with Crippen LogP contribution in [0.25, 0.3) is 0 Å². The molecule has 0 aromatic rings. The first kappa shape index (κ1) is 8.73. The van der Waals surface area contributed by atoms with Gasteiger partial charge in [0.15, 0.2) is 0 Å². The van der Waals surface area contributed by atoms with Crippen molar-refractivity contribution in [2.24, 2.45) is 11.8 Å². The predicted octanol–water partition coefficient (Wildman–Crippen LogP) is 0.714. The lowest BCUT2D eigenvalue weighted by Gasteiger charge is -2.07. The third kappa shape index (κ3) is 3.02. The largest absolute Gasteiger partial charge is 0.326 e. The molecule has 0 amide bonds. The van der Waals surface area contributed by atoms with E-state index < -0.39 is 13.5 Å². The molecule has 1 aliphatic carbocycles. The molecular weight excluding hydrogens is 165 g/mol. The highest BCUT2D eigenvalue weighted by atomic mass is 31.2. The molecule has 0 spiro atoms. The van der Waals surface area contributed by atoms with Crippen LogP contribution in [0.15, 0.2) is 0 Å². The fourth-order valence-electron chi connectivity index (χ4n) is 1.05. The molecule has 1 rings (SSSR count). The Balaban J connectivity index is 2.45. The summed E-state index contributed by atoms with van der Waals surface area (Å²) in [7, 11) is -3.97. The van der Waals surface area contributed by atoms with Crippen LogP contribution in [0.1, 0.15) is 12.8 Å². The summed E-state index contributed by atoms with van der Waals surface area (Å²) in [5, 5.41) is 8.51. The lowest BCUT2D eigenvalue weighted by atomic mass is 10.1. The Morgan fingerprint density at radius 1 is 1.64 bits per heavy atom. The van der Waals surface area contributed by atoms with Crippen molar-refractivity contribution in [2.45, 2.75) is 12.8 Å². The number of nitrogens with zero attached hydrogens (tertiary/aromatic N) is 1. The Kier molecular flexibility index (Phi) is 2.34. The van der Waals surface area contributed by atoms with Crippen LogP contribution in [0.4, 0.5) is 0 Å². The Bertz CT molecular complexity index is 224. The molecule has 0 aromatic heterocycles. The maximum atomic E-state index is 10.5. The highest BCUT2D eigenvalue weighted by molar-refractivity contribution is 7.51. The van der Waals surface area contributed by atoms with Gasteiger partial charge in [0.25, 0.3) is 0 Å². The number of rotatable bonds is 3. The van der Waals surface area contributed by atoms with Crippen LogP contribution >= 0.6 is 7.60 Å². The molecule has 4 nitrogen and oxygen atoms in total. The minimum atomic E-state index is -3.97. The van der Waals surface area contributed by atoms with Gasteiger partial charge in [0.05, 0.1) is 18.1 Å². The van der Waals surface area contributed by atoms with Gasteiger partial charge in [0.1, 0.15) is 0 Å². The van der Waals surface area contributed by atoms with E-state index in [1.807, 2.05) is 6.07 Å². The topological polar surface area (TPSA) is 81.3 Å². The Labute approximate surface area is 65.0 Å². The van der Waals surface area contributed by atoms with E-state index in [2.05, 4.69) is 0 Å². The van der Waals surface area contributed by atoms with Gasteiger partial charge < -0.3 is 9.79 Å². The summed E-state index contributed by atoms with van der Waals surface area (Å²) in [5.74, 6) is -0.191. The molecule has 5 heteroatoms. The molecule has 1 fully saturated rings. The Morgan fingerprint density at radius 3 is 2.45 bits per heavy atom. The molecular formula is C6H10NO3P. The van der Waals surface area contributed by atoms with E-state index in [1.54, 1.807) is 0 Å². The summed E-state index contributed by atoms with van der Waals surface area (Å²) in [6.45, 7) is 0. The molecule has 62 valence electrons. The van der Waals surface area contributed by atoms with Crippen molar-refractivity contribution in [3.63, 3.8) is 0 Å². The third-order valence-electron chi connectivity index (χ3n) is 1.79. The van der Waals surface area contributed by atoms with E-state index >= 15 is 0 Å². The van der Waals surface area contributed by atoms with Crippen LogP contribution < -0.4 is 0 Å². The number of hydrogen-bond donors (Lipinski definition) is 2. The molecule has 2 N–H and O–H groups in total. The van der Waals surface area contributed by atoms with E-state index in [0.29, 0.717) is 0 Å². The molecule has 1 aliphatic rings. The van der Waals surface area contributed by atoms with Crippen LogP contribution in [0.5, 0.6) is 0 Å². The average Bonchev–Trinajstić information content (AvgIpc) is 2.61.